The van der Waals surface area contributed by atoms with Crippen LogP contribution in [0.1, 0.15) is 0 Å². The van der Waals surface area contributed by atoms with Gasteiger partial charge < -0.3 is 14.5 Å². The third-order valence-electron chi connectivity index (χ3n) is 4.27. The van der Waals surface area contributed by atoms with Gasteiger partial charge in [-0.25, -0.2) is 4.98 Å². The molecule has 0 atom stereocenters. The maximum Gasteiger partial charge on any atom is 0.186 e. The molecule has 3 aromatic rings. The maximum atomic E-state index is 5.23. The Balaban J connectivity index is 1.45. The van der Waals surface area contributed by atoms with E-state index in [1.807, 2.05) is 18.2 Å². The van der Waals surface area contributed by atoms with E-state index in [0.717, 1.165) is 42.6 Å². The summed E-state index contributed by atoms with van der Waals surface area (Å²) >= 11 is 1.79. The molecule has 0 amide bonds. The summed E-state index contributed by atoms with van der Waals surface area (Å²) in [5.41, 5.74) is 2.36. The van der Waals surface area contributed by atoms with E-state index in [1.165, 1.54) is 10.4 Å². The fraction of sp³-hybridized carbons (Fsp3) is 0.278. The van der Waals surface area contributed by atoms with Crippen LogP contribution in [0.3, 0.4) is 0 Å². The first-order chi connectivity index (χ1) is 11.3. The molecule has 4 rings (SSSR count). The highest BCUT2D eigenvalue weighted by Gasteiger charge is 2.20. The molecular weight excluding hydrogens is 306 g/mol. The first-order valence-electron chi connectivity index (χ1n) is 7.83. The van der Waals surface area contributed by atoms with Crippen molar-refractivity contribution in [3.63, 3.8) is 0 Å². The smallest absolute Gasteiger partial charge is 0.186 e. The molecule has 0 bridgehead atoms. The van der Waals surface area contributed by atoms with E-state index >= 15 is 0 Å². The molecule has 2 heterocycles. The fourth-order valence-corrected chi connectivity index (χ4v) is 3.96. The van der Waals surface area contributed by atoms with Crippen LogP contribution in [0.5, 0.6) is 5.75 Å². The van der Waals surface area contributed by atoms with Gasteiger partial charge in [-0.15, -0.1) is 0 Å². The Hall–Kier alpha value is -2.27. The first kappa shape index (κ1) is 14.3. The molecule has 1 aliphatic heterocycles. The second kappa shape index (κ2) is 6.08. The summed E-state index contributed by atoms with van der Waals surface area (Å²) < 4.78 is 6.49. The molecule has 0 N–H and O–H groups in total. The lowest BCUT2D eigenvalue weighted by Gasteiger charge is -2.36. The van der Waals surface area contributed by atoms with Crippen LogP contribution >= 0.6 is 11.3 Å². The maximum absolute atomic E-state index is 5.23. The van der Waals surface area contributed by atoms with E-state index in [4.69, 9.17) is 9.72 Å². The second-order valence-corrected chi connectivity index (χ2v) is 6.65. The van der Waals surface area contributed by atoms with Gasteiger partial charge in [0.1, 0.15) is 5.75 Å². The van der Waals surface area contributed by atoms with Crippen molar-refractivity contribution in [2.75, 3.05) is 43.1 Å². The van der Waals surface area contributed by atoms with Crippen LogP contribution in [0.4, 0.5) is 10.8 Å². The first-order valence-corrected chi connectivity index (χ1v) is 8.65. The van der Waals surface area contributed by atoms with Gasteiger partial charge in [0.05, 0.1) is 17.3 Å². The summed E-state index contributed by atoms with van der Waals surface area (Å²) in [7, 11) is 1.70. The molecule has 0 spiro atoms. The van der Waals surface area contributed by atoms with Crippen LogP contribution in [0.15, 0.2) is 48.5 Å². The molecule has 0 aliphatic carbocycles. The number of fused-ring (bicyclic) bond motifs is 1. The SMILES string of the molecule is COc1ccc(N2CCN(c3nc4ccccc4s3)CC2)cc1. The fourth-order valence-electron chi connectivity index (χ4n) is 2.94. The molecule has 4 nitrogen and oxygen atoms in total. The number of nitrogens with zero attached hydrogens (tertiary/aromatic N) is 3. The van der Waals surface area contributed by atoms with E-state index < -0.39 is 0 Å². The largest absolute Gasteiger partial charge is 0.497 e. The van der Waals surface area contributed by atoms with Crippen LogP contribution in [0.25, 0.3) is 10.2 Å². The van der Waals surface area contributed by atoms with E-state index in [2.05, 4.69) is 40.1 Å². The van der Waals surface area contributed by atoms with Crippen molar-refractivity contribution in [3.05, 3.63) is 48.5 Å². The topological polar surface area (TPSA) is 28.6 Å². The molecule has 5 heteroatoms. The number of para-hydroxylation sites is 1. The van der Waals surface area contributed by atoms with E-state index in [9.17, 15) is 0 Å². The molecular formula is C18H19N3OS. The van der Waals surface area contributed by atoms with Gasteiger partial charge in [-0.3, -0.25) is 0 Å². The summed E-state index contributed by atoms with van der Waals surface area (Å²) in [5, 5.41) is 1.14. The normalized spacial score (nSPS) is 15.2. The molecule has 1 aromatic heterocycles. The van der Waals surface area contributed by atoms with Gasteiger partial charge in [0.15, 0.2) is 5.13 Å². The van der Waals surface area contributed by atoms with Gasteiger partial charge >= 0.3 is 0 Å². The quantitative estimate of drug-likeness (QED) is 0.735. The number of thiazole rings is 1. The van der Waals surface area contributed by atoms with Crippen LogP contribution < -0.4 is 14.5 Å². The van der Waals surface area contributed by atoms with Crippen molar-refractivity contribution in [2.24, 2.45) is 0 Å². The predicted molar refractivity (Wildman–Crippen MR) is 97.0 cm³/mol. The summed E-state index contributed by atoms with van der Waals surface area (Å²) in [6, 6.07) is 16.7. The lowest BCUT2D eigenvalue weighted by Crippen LogP contribution is -2.46. The number of ether oxygens (including phenoxy) is 1. The third kappa shape index (κ3) is 2.84. The number of methoxy groups -OCH3 is 1. The van der Waals surface area contributed by atoms with E-state index in [0.29, 0.717) is 0 Å². The zero-order chi connectivity index (χ0) is 15.6. The highest BCUT2D eigenvalue weighted by Crippen LogP contribution is 2.30. The number of anilines is 2. The monoisotopic (exact) mass is 325 g/mol. The van der Waals surface area contributed by atoms with Gasteiger partial charge in [-0.2, -0.15) is 0 Å². The van der Waals surface area contributed by atoms with Crippen LogP contribution in [0.2, 0.25) is 0 Å². The van der Waals surface area contributed by atoms with E-state index in [-0.39, 0.29) is 0 Å². The number of hydrogen-bond donors (Lipinski definition) is 0. The molecule has 2 aromatic carbocycles. The van der Waals surface area contributed by atoms with Crippen molar-refractivity contribution in [3.8, 4) is 5.75 Å². The summed E-state index contributed by atoms with van der Waals surface area (Å²) in [4.78, 5) is 9.58. The van der Waals surface area contributed by atoms with Crippen LogP contribution in [0, 0.1) is 0 Å². The van der Waals surface area contributed by atoms with E-state index in [1.54, 1.807) is 18.4 Å². The third-order valence-corrected chi connectivity index (χ3v) is 5.37. The summed E-state index contributed by atoms with van der Waals surface area (Å²) in [6.45, 7) is 4.04. The average molecular weight is 325 g/mol. The Labute approximate surface area is 139 Å². The molecule has 118 valence electrons. The Bertz CT molecular complexity index is 758. The molecule has 1 fully saturated rings. The number of piperazine rings is 1. The number of hydrogen-bond acceptors (Lipinski definition) is 5. The number of aromatic nitrogens is 1. The number of benzene rings is 2. The standard InChI is InChI=1S/C18H19N3OS/c1-22-15-8-6-14(7-9-15)20-10-12-21(13-11-20)18-19-16-4-2-3-5-17(16)23-18/h2-9H,10-13H2,1H3. The van der Waals surface area contributed by atoms with Crippen molar-refractivity contribution in [1.29, 1.82) is 0 Å². The minimum atomic E-state index is 0.905. The Kier molecular flexibility index (Phi) is 3.79. The molecule has 0 unspecified atom stereocenters. The van der Waals surface area contributed by atoms with Gasteiger partial charge in [0.25, 0.3) is 0 Å². The Morgan fingerprint density at radius 3 is 2.30 bits per heavy atom. The minimum Gasteiger partial charge on any atom is -0.497 e. The molecule has 0 saturated carbocycles. The predicted octanol–water partition coefficient (Wildman–Crippen LogP) is 3.63. The molecule has 0 radical (unpaired) electrons. The van der Waals surface area contributed by atoms with Crippen LogP contribution in [-0.4, -0.2) is 38.3 Å². The number of rotatable bonds is 3. The van der Waals surface area contributed by atoms with Crippen molar-refractivity contribution < 1.29 is 4.74 Å². The lowest BCUT2D eigenvalue weighted by molar-refractivity contribution is 0.415. The Morgan fingerprint density at radius 2 is 1.61 bits per heavy atom. The molecule has 23 heavy (non-hydrogen) atoms. The highest BCUT2D eigenvalue weighted by atomic mass is 32.1. The average Bonchev–Trinajstić information content (AvgIpc) is 3.06. The lowest BCUT2D eigenvalue weighted by atomic mass is 10.2. The molecule has 1 aliphatic rings. The second-order valence-electron chi connectivity index (χ2n) is 5.64. The zero-order valence-electron chi connectivity index (χ0n) is 13.1. The highest BCUT2D eigenvalue weighted by molar-refractivity contribution is 7.22. The van der Waals surface area contributed by atoms with Crippen LogP contribution in [-0.2, 0) is 0 Å². The minimum absolute atomic E-state index is 0.905. The van der Waals surface area contributed by atoms with Crippen molar-refractivity contribution in [1.82, 2.24) is 4.98 Å². The van der Waals surface area contributed by atoms with Gasteiger partial charge in [0.2, 0.25) is 0 Å². The van der Waals surface area contributed by atoms with Crippen molar-refractivity contribution in [2.45, 2.75) is 0 Å². The van der Waals surface area contributed by atoms with Gasteiger partial charge in [0, 0.05) is 31.9 Å². The zero-order valence-corrected chi connectivity index (χ0v) is 13.9. The van der Waals surface area contributed by atoms with Crippen molar-refractivity contribution >= 4 is 32.4 Å². The van der Waals surface area contributed by atoms with Gasteiger partial charge in [-0.1, -0.05) is 23.5 Å². The Morgan fingerprint density at radius 1 is 0.913 bits per heavy atom. The summed E-state index contributed by atoms with van der Waals surface area (Å²) in [5.74, 6) is 0.905. The summed E-state index contributed by atoms with van der Waals surface area (Å²) in [6.07, 6.45) is 0. The molecule has 1 saturated heterocycles. The van der Waals surface area contributed by atoms with Gasteiger partial charge in [-0.05, 0) is 36.4 Å².